The van der Waals surface area contributed by atoms with Gasteiger partial charge in [0.1, 0.15) is 6.61 Å². The van der Waals surface area contributed by atoms with E-state index in [1.807, 2.05) is 50.3 Å². The van der Waals surface area contributed by atoms with Crippen molar-refractivity contribution in [2.45, 2.75) is 39.5 Å². The van der Waals surface area contributed by atoms with E-state index in [9.17, 15) is 9.59 Å². The fraction of sp³-hybridized carbons (Fsp3) is 0.478. The number of hydrogen-bond acceptors (Lipinski definition) is 5. The van der Waals surface area contributed by atoms with E-state index in [1.54, 1.807) is 0 Å². The van der Waals surface area contributed by atoms with Crippen molar-refractivity contribution in [1.82, 2.24) is 21.3 Å². The van der Waals surface area contributed by atoms with Gasteiger partial charge in [0.15, 0.2) is 0 Å². The van der Waals surface area contributed by atoms with Crippen LogP contribution in [0, 0.1) is 5.92 Å². The first kappa shape index (κ1) is 24.4. The molecular weight excluding hydrogens is 396 g/mol. The number of benzene rings is 1. The third kappa shape index (κ3) is 11.2. The predicted molar refractivity (Wildman–Crippen MR) is 120 cm³/mol. The van der Waals surface area contributed by atoms with Crippen LogP contribution in [0.15, 0.2) is 48.6 Å². The monoisotopic (exact) mass is 430 g/mol. The van der Waals surface area contributed by atoms with Gasteiger partial charge in [-0.05, 0) is 37.3 Å². The Labute approximate surface area is 184 Å². The molecule has 1 aromatic carbocycles. The Morgan fingerprint density at radius 2 is 1.90 bits per heavy atom. The summed E-state index contributed by atoms with van der Waals surface area (Å²) in [4.78, 5) is 23.6. The summed E-state index contributed by atoms with van der Waals surface area (Å²) in [6.07, 6.45) is 8.72. The zero-order valence-electron chi connectivity index (χ0n) is 18.4. The van der Waals surface area contributed by atoms with Crippen LogP contribution in [0.5, 0.6) is 0 Å². The third-order valence-electron chi connectivity index (χ3n) is 4.49. The maximum absolute atomic E-state index is 11.8. The Morgan fingerprint density at radius 3 is 2.65 bits per heavy atom. The fourth-order valence-electron chi connectivity index (χ4n) is 2.87. The normalized spacial score (nSPS) is 15.0. The third-order valence-corrected chi connectivity index (χ3v) is 4.49. The number of allylic oxidation sites excluding steroid dienone is 3. The minimum Gasteiger partial charge on any atom is -0.448 e. The summed E-state index contributed by atoms with van der Waals surface area (Å²) in [5, 5.41) is 11.4. The highest BCUT2D eigenvalue weighted by Crippen LogP contribution is 2.09. The van der Waals surface area contributed by atoms with E-state index in [2.05, 4.69) is 33.4 Å². The fourth-order valence-corrected chi connectivity index (χ4v) is 2.87. The van der Waals surface area contributed by atoms with Crippen molar-refractivity contribution in [2.24, 2.45) is 5.92 Å². The Balaban J connectivity index is 1.54. The molecule has 0 bridgehead atoms. The molecule has 1 atom stereocenters. The van der Waals surface area contributed by atoms with E-state index in [1.165, 1.54) is 0 Å². The molecule has 0 radical (unpaired) electrons. The Kier molecular flexibility index (Phi) is 11.2. The first-order valence-corrected chi connectivity index (χ1v) is 10.7. The Bertz CT molecular complexity index is 749. The van der Waals surface area contributed by atoms with Gasteiger partial charge in [0.05, 0.1) is 19.4 Å². The molecule has 1 aliphatic carbocycles. The average Bonchev–Trinajstić information content (AvgIpc) is 2.78. The van der Waals surface area contributed by atoms with E-state index in [-0.39, 0.29) is 25.3 Å². The smallest absolute Gasteiger partial charge is 0.407 e. The second kappa shape index (κ2) is 14.2. The molecule has 0 fully saturated rings. The number of carbonyl (C=O) groups is 2. The van der Waals surface area contributed by atoms with Crippen molar-refractivity contribution in [3.8, 4) is 0 Å². The Hall–Kier alpha value is -2.84. The van der Waals surface area contributed by atoms with Crippen LogP contribution in [-0.2, 0) is 22.6 Å². The molecule has 1 aromatic rings. The molecule has 0 spiro atoms. The van der Waals surface area contributed by atoms with Gasteiger partial charge in [-0.1, -0.05) is 48.6 Å². The molecule has 0 aromatic heterocycles. The summed E-state index contributed by atoms with van der Waals surface area (Å²) in [5.41, 5.74) is 2.08. The van der Waals surface area contributed by atoms with Crippen LogP contribution in [-0.4, -0.2) is 44.7 Å². The minimum absolute atomic E-state index is 0.102. The summed E-state index contributed by atoms with van der Waals surface area (Å²) in [7, 11) is 0. The first-order chi connectivity index (χ1) is 15.0. The summed E-state index contributed by atoms with van der Waals surface area (Å²) < 4.78 is 10.6. The van der Waals surface area contributed by atoms with Gasteiger partial charge in [0.2, 0.25) is 0 Å². The number of hydrogen-bond donors (Lipinski definition) is 4. The van der Waals surface area contributed by atoms with Gasteiger partial charge < -0.3 is 25.4 Å². The van der Waals surface area contributed by atoms with Gasteiger partial charge in [-0.15, -0.1) is 0 Å². The zero-order chi connectivity index (χ0) is 22.3. The van der Waals surface area contributed by atoms with Gasteiger partial charge in [0, 0.05) is 19.6 Å². The van der Waals surface area contributed by atoms with Crippen LogP contribution in [0.3, 0.4) is 0 Å². The number of nitrogens with one attached hydrogen (secondary N) is 4. The lowest BCUT2D eigenvalue weighted by molar-refractivity contribution is 0.0636. The molecule has 0 saturated carbocycles. The first-order valence-electron chi connectivity index (χ1n) is 10.7. The molecule has 0 saturated heterocycles. The van der Waals surface area contributed by atoms with Crippen LogP contribution in [0.1, 0.15) is 31.4 Å². The van der Waals surface area contributed by atoms with Crippen molar-refractivity contribution in [3.63, 3.8) is 0 Å². The molecule has 1 unspecified atom stereocenters. The quantitative estimate of drug-likeness (QED) is 0.302. The topological polar surface area (TPSA) is 101 Å². The second-order valence-corrected chi connectivity index (χ2v) is 7.54. The van der Waals surface area contributed by atoms with Crippen LogP contribution in [0.25, 0.3) is 0 Å². The Morgan fingerprint density at radius 1 is 1.10 bits per heavy atom. The highest BCUT2D eigenvalue weighted by Gasteiger charge is 2.08. The molecule has 8 nitrogen and oxygen atoms in total. The lowest BCUT2D eigenvalue weighted by Crippen LogP contribution is -2.40. The van der Waals surface area contributed by atoms with Gasteiger partial charge >= 0.3 is 12.1 Å². The van der Waals surface area contributed by atoms with Crippen LogP contribution >= 0.6 is 0 Å². The lowest BCUT2D eigenvalue weighted by Gasteiger charge is -2.14. The number of ether oxygens (including phenoxy) is 2. The maximum atomic E-state index is 11.8. The molecule has 2 rings (SSSR count). The average molecular weight is 431 g/mol. The maximum Gasteiger partial charge on any atom is 0.407 e. The van der Waals surface area contributed by atoms with Crippen molar-refractivity contribution < 1.29 is 19.1 Å². The van der Waals surface area contributed by atoms with Gasteiger partial charge in [-0.3, -0.25) is 5.32 Å². The van der Waals surface area contributed by atoms with E-state index in [0.29, 0.717) is 32.3 Å². The summed E-state index contributed by atoms with van der Waals surface area (Å²) in [6.45, 7) is 6.46. The van der Waals surface area contributed by atoms with Crippen molar-refractivity contribution in [2.75, 3.05) is 26.4 Å². The van der Waals surface area contributed by atoms with Crippen LogP contribution in [0.2, 0.25) is 0 Å². The van der Waals surface area contributed by atoms with Gasteiger partial charge in [-0.25, -0.2) is 9.59 Å². The van der Waals surface area contributed by atoms with Crippen molar-refractivity contribution in [3.05, 3.63) is 59.7 Å². The molecule has 0 aliphatic heterocycles. The van der Waals surface area contributed by atoms with E-state index >= 15 is 0 Å². The van der Waals surface area contributed by atoms with Crippen LogP contribution in [0.4, 0.5) is 9.59 Å². The van der Waals surface area contributed by atoms with E-state index in [0.717, 1.165) is 17.5 Å². The molecule has 31 heavy (non-hydrogen) atoms. The molecule has 0 heterocycles. The second-order valence-electron chi connectivity index (χ2n) is 7.54. The molecule has 3 amide bonds. The zero-order valence-corrected chi connectivity index (χ0v) is 18.4. The molecule has 8 heteroatoms. The molecule has 4 N–H and O–H groups in total. The van der Waals surface area contributed by atoms with Crippen LogP contribution < -0.4 is 21.3 Å². The number of urea groups is 1. The van der Waals surface area contributed by atoms with Gasteiger partial charge in [0.25, 0.3) is 0 Å². The standard InChI is InChI=1S/C23H34N4O4/c1-18(2)31-17-24-14-20-9-6-10-21(13-20)16-27-23(29)30-12-11-25-22(28)26-15-19-7-4-3-5-8-19/h3-7,9-10,13,18-19,24H,8,11-12,14-17H2,1-2H3,(H,27,29)(H2,25,26,28). The summed E-state index contributed by atoms with van der Waals surface area (Å²) >= 11 is 0. The number of carbonyl (C=O) groups excluding carboxylic acids is 2. The highest BCUT2D eigenvalue weighted by atomic mass is 16.5. The number of alkyl carbamates (subject to hydrolysis) is 1. The number of amides is 3. The van der Waals surface area contributed by atoms with E-state index < -0.39 is 6.09 Å². The largest absolute Gasteiger partial charge is 0.448 e. The van der Waals surface area contributed by atoms with E-state index in [4.69, 9.17) is 9.47 Å². The highest BCUT2D eigenvalue weighted by molar-refractivity contribution is 5.73. The predicted octanol–water partition coefficient (Wildman–Crippen LogP) is 2.82. The van der Waals surface area contributed by atoms with Crippen molar-refractivity contribution in [1.29, 1.82) is 0 Å². The molecular formula is C23H34N4O4. The molecule has 1 aliphatic rings. The van der Waals surface area contributed by atoms with Gasteiger partial charge in [-0.2, -0.15) is 0 Å². The minimum atomic E-state index is -0.518. The number of rotatable bonds is 12. The summed E-state index contributed by atoms with van der Waals surface area (Å²) in [5.74, 6) is 0.320. The van der Waals surface area contributed by atoms with Crippen molar-refractivity contribution >= 4 is 12.1 Å². The summed E-state index contributed by atoms with van der Waals surface area (Å²) in [6, 6.07) is 7.66. The SMILES string of the molecule is CC(C)OCNCc1cccc(CNC(=O)OCCNC(=O)NCC2C=CC=CC2)c1. The lowest BCUT2D eigenvalue weighted by atomic mass is 10.0. The molecule has 170 valence electrons.